The molecule has 2 N–H and O–H groups in total. The number of nitrogens with one attached hydrogen (secondary N) is 1. The number of phenolic OH excluding ortho intramolecular Hbond substituents is 1. The van der Waals surface area contributed by atoms with E-state index in [9.17, 15) is 20.0 Å². The Morgan fingerprint density at radius 3 is 2.64 bits per heavy atom. The Kier molecular flexibility index (Phi) is 5.82. The molecule has 0 radical (unpaired) electrons. The summed E-state index contributed by atoms with van der Waals surface area (Å²) in [4.78, 5) is 24.3. The standard InChI is InChI=1S/C17H18ClN3O4/c1-3-20(11(2)12-5-4-6-14(22)9-12)17(23)19-16-8-7-13(21(24)25)10-15(16)18/h4-11,22H,3H2,1-2H3,(H,19,23). The van der Waals surface area contributed by atoms with Crippen molar-refractivity contribution in [3.63, 3.8) is 0 Å². The van der Waals surface area contributed by atoms with Gasteiger partial charge in [0.25, 0.3) is 5.69 Å². The molecule has 0 aliphatic rings. The fourth-order valence-electron chi connectivity index (χ4n) is 2.46. The first kappa shape index (κ1) is 18.5. The van der Waals surface area contributed by atoms with Crippen LogP contribution in [0.5, 0.6) is 5.75 Å². The number of carbonyl (C=O) groups is 1. The Bertz CT molecular complexity index is 797. The van der Waals surface area contributed by atoms with Crippen LogP contribution in [0.2, 0.25) is 5.02 Å². The monoisotopic (exact) mass is 363 g/mol. The number of carbonyl (C=O) groups excluding carboxylic acids is 1. The Morgan fingerprint density at radius 2 is 2.08 bits per heavy atom. The number of aromatic hydroxyl groups is 1. The first-order chi connectivity index (χ1) is 11.8. The molecule has 0 saturated heterocycles. The summed E-state index contributed by atoms with van der Waals surface area (Å²) >= 11 is 6.01. The number of phenols is 1. The van der Waals surface area contributed by atoms with Gasteiger partial charge in [-0.15, -0.1) is 0 Å². The minimum Gasteiger partial charge on any atom is -0.508 e. The van der Waals surface area contributed by atoms with E-state index in [1.807, 2.05) is 19.9 Å². The number of nitrogens with zero attached hydrogens (tertiary/aromatic N) is 2. The molecule has 8 heteroatoms. The van der Waals surface area contributed by atoms with Crippen LogP contribution in [0.15, 0.2) is 42.5 Å². The zero-order valence-corrected chi connectivity index (χ0v) is 14.5. The normalized spacial score (nSPS) is 11.6. The maximum absolute atomic E-state index is 12.6. The molecule has 2 aromatic carbocycles. The van der Waals surface area contributed by atoms with Crippen LogP contribution in [0.4, 0.5) is 16.2 Å². The molecule has 0 aromatic heterocycles. The van der Waals surface area contributed by atoms with Gasteiger partial charge >= 0.3 is 6.03 Å². The van der Waals surface area contributed by atoms with E-state index in [0.717, 1.165) is 5.56 Å². The number of hydrogen-bond donors (Lipinski definition) is 2. The van der Waals surface area contributed by atoms with E-state index in [2.05, 4.69) is 5.32 Å². The van der Waals surface area contributed by atoms with Crippen LogP contribution in [-0.2, 0) is 0 Å². The Balaban J connectivity index is 2.18. The summed E-state index contributed by atoms with van der Waals surface area (Å²) in [7, 11) is 0. The van der Waals surface area contributed by atoms with Gasteiger partial charge in [-0.3, -0.25) is 10.1 Å². The van der Waals surface area contributed by atoms with Crippen molar-refractivity contribution in [3.8, 4) is 5.75 Å². The molecule has 0 aliphatic heterocycles. The molecular formula is C17H18ClN3O4. The van der Waals surface area contributed by atoms with Crippen molar-refractivity contribution in [2.75, 3.05) is 11.9 Å². The van der Waals surface area contributed by atoms with Crippen molar-refractivity contribution in [1.82, 2.24) is 4.90 Å². The quantitative estimate of drug-likeness (QED) is 0.600. The summed E-state index contributed by atoms with van der Waals surface area (Å²) in [6.07, 6.45) is 0. The van der Waals surface area contributed by atoms with Crippen LogP contribution in [0.3, 0.4) is 0 Å². The van der Waals surface area contributed by atoms with Crippen LogP contribution in [0.25, 0.3) is 0 Å². The molecule has 2 rings (SSSR count). The lowest BCUT2D eigenvalue weighted by molar-refractivity contribution is -0.384. The molecule has 132 valence electrons. The maximum Gasteiger partial charge on any atom is 0.322 e. The number of halogens is 1. The van der Waals surface area contributed by atoms with Gasteiger partial charge in [0.05, 0.1) is 21.7 Å². The molecule has 0 heterocycles. The molecule has 2 amide bonds. The van der Waals surface area contributed by atoms with Crippen LogP contribution in [-0.4, -0.2) is 27.5 Å². The van der Waals surface area contributed by atoms with Gasteiger partial charge in [0.2, 0.25) is 0 Å². The second-order valence-corrected chi connectivity index (χ2v) is 5.82. The number of non-ortho nitro benzene ring substituents is 1. The minimum absolute atomic E-state index is 0.0867. The number of amides is 2. The van der Waals surface area contributed by atoms with E-state index in [1.165, 1.54) is 18.2 Å². The number of urea groups is 1. The molecule has 0 aliphatic carbocycles. The summed E-state index contributed by atoms with van der Waals surface area (Å²) in [6, 6.07) is 9.86. The van der Waals surface area contributed by atoms with Crippen molar-refractivity contribution in [3.05, 3.63) is 63.2 Å². The second kappa shape index (κ2) is 7.85. The lowest BCUT2D eigenvalue weighted by Crippen LogP contribution is -2.36. The van der Waals surface area contributed by atoms with Crippen molar-refractivity contribution in [2.24, 2.45) is 0 Å². The Hall–Kier alpha value is -2.80. The summed E-state index contributed by atoms with van der Waals surface area (Å²) < 4.78 is 0. The van der Waals surface area contributed by atoms with E-state index < -0.39 is 11.0 Å². The highest BCUT2D eigenvalue weighted by Crippen LogP contribution is 2.28. The topological polar surface area (TPSA) is 95.7 Å². The van der Waals surface area contributed by atoms with E-state index in [1.54, 1.807) is 23.1 Å². The summed E-state index contributed by atoms with van der Waals surface area (Å²) in [5.41, 5.74) is 0.925. The van der Waals surface area contributed by atoms with Crippen molar-refractivity contribution < 1.29 is 14.8 Å². The zero-order valence-electron chi connectivity index (χ0n) is 13.8. The summed E-state index contributed by atoms with van der Waals surface area (Å²) in [5.74, 6) is 0.124. The van der Waals surface area contributed by atoms with Gasteiger partial charge in [-0.05, 0) is 37.6 Å². The number of nitro benzene ring substituents is 1. The van der Waals surface area contributed by atoms with Gasteiger partial charge in [-0.2, -0.15) is 0 Å². The molecule has 1 atom stereocenters. The average Bonchev–Trinajstić information content (AvgIpc) is 2.57. The van der Waals surface area contributed by atoms with Crippen LogP contribution >= 0.6 is 11.6 Å². The number of anilines is 1. The van der Waals surface area contributed by atoms with Crippen LogP contribution < -0.4 is 5.32 Å². The van der Waals surface area contributed by atoms with Gasteiger partial charge in [-0.1, -0.05) is 23.7 Å². The molecular weight excluding hydrogens is 346 g/mol. The van der Waals surface area contributed by atoms with Gasteiger partial charge in [0, 0.05) is 18.7 Å². The third kappa shape index (κ3) is 4.39. The fraction of sp³-hybridized carbons (Fsp3) is 0.235. The molecule has 0 saturated carbocycles. The minimum atomic E-state index is -0.556. The Morgan fingerprint density at radius 1 is 1.36 bits per heavy atom. The fourth-order valence-corrected chi connectivity index (χ4v) is 2.69. The largest absolute Gasteiger partial charge is 0.508 e. The van der Waals surface area contributed by atoms with E-state index in [0.29, 0.717) is 12.2 Å². The highest BCUT2D eigenvalue weighted by atomic mass is 35.5. The van der Waals surface area contributed by atoms with E-state index >= 15 is 0 Å². The lowest BCUT2D eigenvalue weighted by atomic mass is 10.1. The van der Waals surface area contributed by atoms with Crippen molar-refractivity contribution in [2.45, 2.75) is 19.9 Å². The zero-order chi connectivity index (χ0) is 18.6. The van der Waals surface area contributed by atoms with Gasteiger partial charge in [0.15, 0.2) is 0 Å². The molecule has 1 unspecified atom stereocenters. The first-order valence-electron chi connectivity index (χ1n) is 7.64. The molecule has 2 aromatic rings. The number of hydrogen-bond acceptors (Lipinski definition) is 4. The highest BCUT2D eigenvalue weighted by molar-refractivity contribution is 6.33. The molecule has 0 fully saturated rings. The van der Waals surface area contributed by atoms with Crippen molar-refractivity contribution >= 4 is 29.0 Å². The van der Waals surface area contributed by atoms with E-state index in [-0.39, 0.29) is 22.5 Å². The number of nitro groups is 1. The van der Waals surface area contributed by atoms with Gasteiger partial charge in [0.1, 0.15) is 5.75 Å². The molecule has 0 spiro atoms. The molecule has 0 bridgehead atoms. The van der Waals surface area contributed by atoms with Crippen LogP contribution in [0, 0.1) is 10.1 Å². The van der Waals surface area contributed by atoms with Crippen LogP contribution in [0.1, 0.15) is 25.5 Å². The SMILES string of the molecule is CCN(C(=O)Nc1ccc([N+](=O)[O-])cc1Cl)C(C)c1cccc(O)c1. The second-order valence-electron chi connectivity index (χ2n) is 5.41. The summed E-state index contributed by atoms with van der Waals surface area (Å²) in [6.45, 7) is 4.10. The smallest absolute Gasteiger partial charge is 0.322 e. The number of rotatable bonds is 5. The molecule has 7 nitrogen and oxygen atoms in total. The van der Waals surface area contributed by atoms with Gasteiger partial charge in [-0.25, -0.2) is 4.79 Å². The van der Waals surface area contributed by atoms with Crippen molar-refractivity contribution in [1.29, 1.82) is 0 Å². The van der Waals surface area contributed by atoms with E-state index in [4.69, 9.17) is 11.6 Å². The summed E-state index contributed by atoms with van der Waals surface area (Å²) in [5, 5.41) is 23.1. The maximum atomic E-state index is 12.6. The predicted molar refractivity (Wildman–Crippen MR) is 96.0 cm³/mol. The Labute approximate surface area is 150 Å². The third-order valence-corrected chi connectivity index (χ3v) is 4.14. The van der Waals surface area contributed by atoms with Gasteiger partial charge < -0.3 is 15.3 Å². The lowest BCUT2D eigenvalue weighted by Gasteiger charge is -2.28. The predicted octanol–water partition coefficient (Wildman–Crippen LogP) is 4.57. The number of benzene rings is 2. The third-order valence-electron chi connectivity index (χ3n) is 3.83. The molecule has 25 heavy (non-hydrogen) atoms. The first-order valence-corrected chi connectivity index (χ1v) is 8.01. The highest BCUT2D eigenvalue weighted by Gasteiger charge is 2.21. The average molecular weight is 364 g/mol.